The van der Waals surface area contributed by atoms with Crippen molar-refractivity contribution >= 4 is 24.9 Å². The monoisotopic (exact) mass is 385 g/mol. The van der Waals surface area contributed by atoms with Crippen LogP contribution in [0.5, 0.6) is 0 Å². The van der Waals surface area contributed by atoms with E-state index in [1.165, 1.54) is 25.1 Å². The van der Waals surface area contributed by atoms with Gasteiger partial charge in [0.1, 0.15) is 5.82 Å². The summed E-state index contributed by atoms with van der Waals surface area (Å²) in [5, 5.41) is 2.57. The number of pyridine rings is 1. The summed E-state index contributed by atoms with van der Waals surface area (Å²) in [5.41, 5.74) is 3.08. The van der Waals surface area contributed by atoms with Crippen LogP contribution in [-0.2, 0) is 20.3 Å². The molecule has 1 aromatic rings. The fraction of sp³-hybridized carbons (Fsp3) is 0.529. The number of hydrogen-bond acceptors (Lipinski definition) is 5. The van der Waals surface area contributed by atoms with Crippen molar-refractivity contribution in [3.8, 4) is 0 Å². The Morgan fingerprint density at radius 3 is 2.30 bits per heavy atom. The van der Waals surface area contributed by atoms with Gasteiger partial charge in [-0.3, -0.25) is 4.79 Å². The molecule has 0 unspecified atom stereocenters. The molecule has 1 aliphatic heterocycles. The van der Waals surface area contributed by atoms with Crippen LogP contribution in [0, 0.1) is 0 Å². The van der Waals surface area contributed by atoms with Crippen LogP contribution in [0.1, 0.15) is 45.9 Å². The van der Waals surface area contributed by atoms with E-state index < -0.39 is 30.2 Å². The average molecular weight is 385 g/mol. The molecule has 27 heavy (non-hydrogen) atoms. The number of carbonyl (C=O) groups excluding carboxylic acids is 1. The Kier molecular flexibility index (Phi) is 5.63. The molecule has 3 N–H and O–H groups in total. The number of alkyl halides is 3. The quantitative estimate of drug-likeness (QED) is 0.779. The number of halogens is 3. The number of amides is 1. The van der Waals surface area contributed by atoms with E-state index in [1.54, 1.807) is 0 Å². The summed E-state index contributed by atoms with van der Waals surface area (Å²) in [6, 6.07) is 2.51. The van der Waals surface area contributed by atoms with E-state index in [1.807, 2.05) is 27.7 Å². The summed E-state index contributed by atoms with van der Waals surface area (Å²) < 4.78 is 51.8. The molecule has 1 saturated heterocycles. The number of aromatic nitrogens is 1. The van der Waals surface area contributed by atoms with Crippen molar-refractivity contribution in [3.05, 3.63) is 28.9 Å². The first-order chi connectivity index (χ1) is 12.2. The van der Waals surface area contributed by atoms with Gasteiger partial charge in [-0.1, -0.05) is 6.08 Å². The Labute approximate surface area is 156 Å². The second kappa shape index (κ2) is 7.16. The number of nitrogen functional groups attached to an aromatic ring is 1. The highest BCUT2D eigenvalue weighted by molar-refractivity contribution is 6.56. The van der Waals surface area contributed by atoms with Gasteiger partial charge in [-0.2, -0.15) is 13.2 Å². The van der Waals surface area contributed by atoms with Gasteiger partial charge >= 0.3 is 13.3 Å². The molecular formula is C17H23BF3N3O3. The maximum Gasteiger partial charge on any atom is 0.492 e. The van der Waals surface area contributed by atoms with E-state index in [0.29, 0.717) is 5.47 Å². The number of carbonyl (C=O) groups is 1. The molecule has 2 heterocycles. The van der Waals surface area contributed by atoms with E-state index in [9.17, 15) is 18.0 Å². The summed E-state index contributed by atoms with van der Waals surface area (Å²) in [6.07, 6.45) is -3.41. The predicted molar refractivity (Wildman–Crippen MR) is 96.4 cm³/mol. The highest BCUT2D eigenvalue weighted by Gasteiger charge is 2.52. The lowest BCUT2D eigenvalue weighted by molar-refractivity contribution is -0.141. The molecule has 0 aliphatic carbocycles. The molecule has 0 spiro atoms. The molecule has 0 atom stereocenters. The van der Waals surface area contributed by atoms with Crippen LogP contribution in [-0.4, -0.2) is 35.8 Å². The van der Waals surface area contributed by atoms with Gasteiger partial charge in [-0.15, -0.1) is 0 Å². The van der Waals surface area contributed by atoms with Gasteiger partial charge in [0.05, 0.1) is 11.2 Å². The highest BCUT2D eigenvalue weighted by atomic mass is 19.4. The van der Waals surface area contributed by atoms with Gasteiger partial charge in [0.2, 0.25) is 5.91 Å². The van der Waals surface area contributed by atoms with Crippen molar-refractivity contribution in [1.29, 1.82) is 0 Å². The smallest absolute Gasteiger partial charge is 0.400 e. The van der Waals surface area contributed by atoms with E-state index in [2.05, 4.69) is 10.3 Å². The molecule has 1 aromatic heterocycles. The van der Waals surface area contributed by atoms with Crippen molar-refractivity contribution in [3.63, 3.8) is 0 Å². The average Bonchev–Trinajstić information content (AvgIpc) is 2.71. The third kappa shape index (κ3) is 4.81. The maximum absolute atomic E-state index is 13.3. The maximum atomic E-state index is 13.3. The van der Waals surface area contributed by atoms with Gasteiger partial charge in [-0.05, 0) is 45.3 Å². The van der Waals surface area contributed by atoms with Gasteiger partial charge in [-0.25, -0.2) is 4.98 Å². The molecule has 2 rings (SSSR count). The fourth-order valence-electron chi connectivity index (χ4n) is 2.45. The zero-order valence-corrected chi connectivity index (χ0v) is 15.9. The number of rotatable bonds is 4. The Morgan fingerprint density at radius 2 is 1.81 bits per heavy atom. The summed E-state index contributed by atoms with van der Waals surface area (Å²) in [5.74, 6) is -0.567. The van der Waals surface area contributed by atoms with E-state index >= 15 is 0 Å². The topological polar surface area (TPSA) is 86.5 Å². The lowest BCUT2D eigenvalue weighted by atomic mass is 9.76. The normalized spacial score (nSPS) is 19.3. The van der Waals surface area contributed by atoms with Crippen LogP contribution in [0.25, 0.3) is 6.08 Å². The Hall–Kier alpha value is -2.07. The Bertz CT molecular complexity index is 748. The molecule has 0 aromatic carbocycles. The van der Waals surface area contributed by atoms with Crippen LogP contribution < -0.4 is 11.1 Å². The van der Waals surface area contributed by atoms with Crippen LogP contribution in [0.3, 0.4) is 0 Å². The second-order valence-corrected chi connectivity index (χ2v) is 7.39. The van der Waals surface area contributed by atoms with Gasteiger partial charge < -0.3 is 20.4 Å². The molecule has 148 valence electrons. The van der Waals surface area contributed by atoms with Crippen molar-refractivity contribution < 1.29 is 27.3 Å². The van der Waals surface area contributed by atoms with E-state index in [4.69, 9.17) is 15.0 Å². The van der Waals surface area contributed by atoms with Gasteiger partial charge in [0.25, 0.3) is 0 Å². The number of anilines is 1. The molecule has 6 nitrogen and oxygen atoms in total. The minimum Gasteiger partial charge on any atom is -0.400 e. The first-order valence-electron chi connectivity index (χ1n) is 8.37. The van der Waals surface area contributed by atoms with Crippen molar-refractivity contribution in [2.24, 2.45) is 0 Å². The van der Waals surface area contributed by atoms with Crippen LogP contribution in [0.2, 0.25) is 0 Å². The van der Waals surface area contributed by atoms with Gasteiger partial charge in [0.15, 0.2) is 5.69 Å². The zero-order valence-electron chi connectivity index (χ0n) is 15.9. The molecule has 0 saturated carbocycles. The highest BCUT2D eigenvalue weighted by Crippen LogP contribution is 2.39. The number of hydrogen-bond donors (Lipinski definition) is 2. The largest absolute Gasteiger partial charge is 0.492 e. The third-order valence-electron chi connectivity index (χ3n) is 4.65. The molecule has 0 bridgehead atoms. The Balaban J connectivity index is 2.48. The third-order valence-corrected chi connectivity index (χ3v) is 4.65. The van der Waals surface area contributed by atoms with Crippen LogP contribution in [0.15, 0.2) is 17.6 Å². The van der Waals surface area contributed by atoms with E-state index in [0.717, 1.165) is 0 Å². The zero-order chi connectivity index (χ0) is 20.6. The molecule has 10 heteroatoms. The minimum atomic E-state index is -4.68. The lowest BCUT2D eigenvalue weighted by Crippen LogP contribution is -2.41. The number of nitrogens with one attached hydrogen (secondary N) is 1. The summed E-state index contributed by atoms with van der Waals surface area (Å²) >= 11 is 0. The van der Waals surface area contributed by atoms with Crippen molar-refractivity contribution in [2.45, 2.75) is 52.0 Å². The molecule has 0 radical (unpaired) electrons. The van der Waals surface area contributed by atoms with Crippen LogP contribution in [0.4, 0.5) is 19.0 Å². The van der Waals surface area contributed by atoms with E-state index in [-0.39, 0.29) is 23.8 Å². The first-order valence-corrected chi connectivity index (χ1v) is 8.37. The lowest BCUT2D eigenvalue weighted by Gasteiger charge is -2.32. The SMILES string of the molecule is CC(=O)NCC(=Cc1ccc(N)nc1C(F)(F)F)B1OC(C)(C)C(C)(C)O1. The first kappa shape index (κ1) is 21.2. The summed E-state index contributed by atoms with van der Waals surface area (Å²) in [6.45, 7) is 8.59. The number of nitrogens with zero attached hydrogens (tertiary/aromatic N) is 1. The summed E-state index contributed by atoms with van der Waals surface area (Å²) in [7, 11) is -0.916. The summed E-state index contributed by atoms with van der Waals surface area (Å²) in [4.78, 5) is 14.7. The predicted octanol–water partition coefficient (Wildman–Crippen LogP) is 2.83. The molecule has 1 amide bonds. The fourth-order valence-corrected chi connectivity index (χ4v) is 2.45. The molecular weight excluding hydrogens is 362 g/mol. The number of nitrogens with two attached hydrogens (primary N) is 1. The van der Waals surface area contributed by atoms with Crippen molar-refractivity contribution in [2.75, 3.05) is 12.3 Å². The van der Waals surface area contributed by atoms with Crippen LogP contribution >= 0.6 is 0 Å². The molecule has 1 aliphatic rings. The Morgan fingerprint density at radius 1 is 1.26 bits per heavy atom. The van der Waals surface area contributed by atoms with Crippen molar-refractivity contribution in [1.82, 2.24) is 10.3 Å². The van der Waals surface area contributed by atoms with Gasteiger partial charge in [0, 0.05) is 19.0 Å². The molecule has 1 fully saturated rings. The minimum absolute atomic E-state index is 0.0339. The second-order valence-electron chi connectivity index (χ2n) is 7.39. The standard InChI is InChI=1S/C17H23BF3N3O3/c1-10(25)23-9-12(18-26-15(2,3)16(4,5)27-18)8-11-6-7-13(22)24-14(11)17(19,20)21/h6-8H,9H2,1-5H3,(H2,22,24)(H,23,25).